The van der Waals surface area contributed by atoms with E-state index in [0.29, 0.717) is 15.1 Å². The summed E-state index contributed by atoms with van der Waals surface area (Å²) in [5.74, 6) is -0.586. The molecule has 1 rings (SSSR count). The van der Waals surface area contributed by atoms with Gasteiger partial charge in [0, 0.05) is 10.2 Å². The summed E-state index contributed by atoms with van der Waals surface area (Å²) < 4.78 is 12.5. The van der Waals surface area contributed by atoms with Gasteiger partial charge < -0.3 is 11.5 Å². The van der Waals surface area contributed by atoms with Crippen LogP contribution < -0.4 is 11.5 Å². The van der Waals surface area contributed by atoms with E-state index in [0.717, 1.165) is 0 Å². The van der Waals surface area contributed by atoms with Crippen molar-refractivity contribution in [3.8, 4) is 0 Å². The number of nitrogens with two attached hydrogens (primary N) is 2. The maximum atomic E-state index is 11.9. The largest absolute Gasteiger partial charge is 0.399 e. The van der Waals surface area contributed by atoms with Crippen LogP contribution in [-0.2, 0) is 15.6 Å². The Morgan fingerprint density at radius 1 is 1.53 bits per heavy atom. The molecule has 0 aliphatic carbocycles. The minimum absolute atomic E-state index is 0.524. The summed E-state index contributed by atoms with van der Waals surface area (Å²) in [7, 11) is -1.46. The molecule has 0 aliphatic heterocycles. The van der Waals surface area contributed by atoms with Crippen molar-refractivity contribution in [1.29, 1.82) is 0 Å². The summed E-state index contributed by atoms with van der Waals surface area (Å²) in [5.41, 5.74) is 11.2. The van der Waals surface area contributed by atoms with Crippen molar-refractivity contribution in [3.63, 3.8) is 0 Å². The van der Waals surface area contributed by atoms with E-state index in [9.17, 15) is 9.00 Å². The van der Waals surface area contributed by atoms with Crippen LogP contribution in [0.5, 0.6) is 0 Å². The van der Waals surface area contributed by atoms with Crippen LogP contribution in [0.2, 0.25) is 0 Å². The number of rotatable bonds is 3. The highest BCUT2D eigenvalue weighted by Gasteiger charge is 2.20. The molecule has 4 N–H and O–H groups in total. The minimum atomic E-state index is -1.46. The lowest BCUT2D eigenvalue weighted by atomic mass is 10.3. The molecule has 0 radical (unpaired) electrons. The summed E-state index contributed by atoms with van der Waals surface area (Å²) in [6.45, 7) is 1.53. The Bertz CT molecular complexity index is 423. The second-order valence-corrected chi connectivity index (χ2v) is 5.63. The van der Waals surface area contributed by atoms with Gasteiger partial charge in [0.05, 0.1) is 15.7 Å². The van der Waals surface area contributed by atoms with Crippen molar-refractivity contribution in [3.05, 3.63) is 22.7 Å². The number of primary amides is 1. The van der Waals surface area contributed by atoms with E-state index in [1.54, 1.807) is 18.2 Å². The molecule has 0 aromatic heterocycles. The molecule has 0 bridgehead atoms. The SMILES string of the molecule is CC(C(N)=O)S(=O)c1ccc(N)cc1Br. The third-order valence-electron chi connectivity index (χ3n) is 1.89. The van der Waals surface area contributed by atoms with Gasteiger partial charge in [-0.3, -0.25) is 9.00 Å². The average molecular weight is 291 g/mol. The first-order valence-electron chi connectivity index (χ1n) is 4.18. The predicted molar refractivity (Wildman–Crippen MR) is 63.6 cm³/mol. The first kappa shape index (κ1) is 12.2. The highest BCUT2D eigenvalue weighted by atomic mass is 79.9. The van der Waals surface area contributed by atoms with Gasteiger partial charge >= 0.3 is 0 Å². The van der Waals surface area contributed by atoms with Crippen molar-refractivity contribution < 1.29 is 9.00 Å². The minimum Gasteiger partial charge on any atom is -0.399 e. The summed E-state index contributed by atoms with van der Waals surface area (Å²) in [5, 5.41) is -0.718. The second kappa shape index (κ2) is 4.76. The van der Waals surface area contributed by atoms with Gasteiger partial charge in [-0.1, -0.05) is 0 Å². The summed E-state index contributed by atoms with van der Waals surface area (Å²) in [6, 6.07) is 4.89. The van der Waals surface area contributed by atoms with Gasteiger partial charge in [-0.05, 0) is 41.1 Å². The Kier molecular flexibility index (Phi) is 3.87. The van der Waals surface area contributed by atoms with E-state index < -0.39 is 22.0 Å². The Hall–Kier alpha value is -0.880. The maximum absolute atomic E-state index is 11.9. The molecule has 6 heteroatoms. The third-order valence-corrected chi connectivity index (χ3v) is 4.48. The lowest BCUT2D eigenvalue weighted by Crippen LogP contribution is -2.29. The van der Waals surface area contributed by atoms with Crippen LogP contribution in [0, 0.1) is 0 Å². The molecule has 1 aromatic rings. The van der Waals surface area contributed by atoms with E-state index in [4.69, 9.17) is 11.5 Å². The van der Waals surface area contributed by atoms with Crippen molar-refractivity contribution in [1.82, 2.24) is 0 Å². The van der Waals surface area contributed by atoms with Crippen LogP contribution in [0.3, 0.4) is 0 Å². The van der Waals surface area contributed by atoms with Crippen LogP contribution in [0.15, 0.2) is 27.6 Å². The van der Waals surface area contributed by atoms with Gasteiger partial charge in [0.15, 0.2) is 0 Å². The molecule has 15 heavy (non-hydrogen) atoms. The van der Waals surface area contributed by atoms with E-state index in [-0.39, 0.29) is 0 Å². The molecule has 1 aromatic carbocycles. The van der Waals surface area contributed by atoms with Crippen molar-refractivity contribution in [2.45, 2.75) is 17.1 Å². The number of hydrogen-bond donors (Lipinski definition) is 2. The van der Waals surface area contributed by atoms with Gasteiger partial charge in [0.2, 0.25) is 5.91 Å². The fourth-order valence-electron chi connectivity index (χ4n) is 0.976. The van der Waals surface area contributed by atoms with Gasteiger partial charge in [-0.15, -0.1) is 0 Å². The van der Waals surface area contributed by atoms with Crippen molar-refractivity contribution >= 4 is 38.3 Å². The lowest BCUT2D eigenvalue weighted by Gasteiger charge is -2.09. The fourth-order valence-corrected chi connectivity index (χ4v) is 2.90. The molecule has 0 aliphatic rings. The van der Waals surface area contributed by atoms with Crippen LogP contribution in [-0.4, -0.2) is 15.4 Å². The molecule has 0 saturated carbocycles. The number of amides is 1. The molecule has 2 unspecified atom stereocenters. The molecule has 4 nitrogen and oxygen atoms in total. The standard InChI is InChI=1S/C9H11BrN2O2S/c1-5(9(12)13)15(14)8-3-2-6(11)4-7(8)10/h2-5H,11H2,1H3,(H2,12,13). The van der Waals surface area contributed by atoms with Crippen molar-refractivity contribution in [2.24, 2.45) is 5.73 Å². The maximum Gasteiger partial charge on any atom is 0.233 e. The Labute approximate surface area is 98.6 Å². The van der Waals surface area contributed by atoms with Crippen LogP contribution in [0.1, 0.15) is 6.92 Å². The monoisotopic (exact) mass is 290 g/mol. The number of nitrogen functional groups attached to an aromatic ring is 1. The zero-order valence-corrected chi connectivity index (χ0v) is 10.5. The Morgan fingerprint density at radius 3 is 2.60 bits per heavy atom. The summed E-state index contributed by atoms with van der Waals surface area (Å²) in [4.78, 5) is 11.4. The van der Waals surface area contributed by atoms with E-state index >= 15 is 0 Å². The molecule has 2 atom stereocenters. The Morgan fingerprint density at radius 2 is 2.13 bits per heavy atom. The molecule has 0 saturated heterocycles. The number of carbonyl (C=O) groups excluding carboxylic acids is 1. The molecule has 0 heterocycles. The third kappa shape index (κ3) is 2.79. The quantitative estimate of drug-likeness (QED) is 0.815. The van der Waals surface area contributed by atoms with Gasteiger partial charge in [0.1, 0.15) is 5.25 Å². The summed E-state index contributed by atoms with van der Waals surface area (Å²) in [6.07, 6.45) is 0. The first-order chi connectivity index (χ1) is 6.93. The zero-order chi connectivity index (χ0) is 11.6. The normalized spacial score (nSPS) is 14.5. The van der Waals surface area contributed by atoms with Gasteiger partial charge in [-0.2, -0.15) is 0 Å². The number of carbonyl (C=O) groups is 1. The zero-order valence-electron chi connectivity index (χ0n) is 8.07. The van der Waals surface area contributed by atoms with Crippen LogP contribution in [0.4, 0.5) is 5.69 Å². The highest BCUT2D eigenvalue weighted by molar-refractivity contribution is 9.10. The molecular formula is C9H11BrN2O2S. The van der Waals surface area contributed by atoms with Crippen LogP contribution >= 0.6 is 15.9 Å². The predicted octanol–water partition coefficient (Wildman–Crippen LogP) is 1.01. The second-order valence-electron chi connectivity index (χ2n) is 3.03. The van der Waals surface area contributed by atoms with Crippen LogP contribution in [0.25, 0.3) is 0 Å². The number of anilines is 1. The Balaban J connectivity index is 3.07. The molecule has 1 amide bonds. The van der Waals surface area contributed by atoms with Crippen molar-refractivity contribution in [2.75, 3.05) is 5.73 Å². The van der Waals surface area contributed by atoms with Gasteiger partial charge in [0.25, 0.3) is 0 Å². The van der Waals surface area contributed by atoms with E-state index in [1.165, 1.54) is 6.92 Å². The lowest BCUT2D eigenvalue weighted by molar-refractivity contribution is -0.117. The van der Waals surface area contributed by atoms with E-state index in [2.05, 4.69) is 15.9 Å². The molecule has 0 fully saturated rings. The molecular weight excluding hydrogens is 280 g/mol. The number of benzene rings is 1. The van der Waals surface area contributed by atoms with E-state index in [1.807, 2.05) is 0 Å². The highest BCUT2D eigenvalue weighted by Crippen LogP contribution is 2.24. The van der Waals surface area contributed by atoms with Gasteiger partial charge in [-0.25, -0.2) is 0 Å². The number of hydrogen-bond acceptors (Lipinski definition) is 3. The number of halogens is 1. The first-order valence-corrected chi connectivity index (χ1v) is 6.19. The average Bonchev–Trinajstić information content (AvgIpc) is 2.15. The summed E-state index contributed by atoms with van der Waals surface area (Å²) >= 11 is 3.24. The molecule has 0 spiro atoms. The molecule has 82 valence electrons. The smallest absolute Gasteiger partial charge is 0.233 e. The topological polar surface area (TPSA) is 86.2 Å². The fraction of sp³-hybridized carbons (Fsp3) is 0.222.